The third-order valence-corrected chi connectivity index (χ3v) is 16.4. The summed E-state index contributed by atoms with van der Waals surface area (Å²) in [5.41, 5.74) is 3.58. The molecule has 1 aromatic carbocycles. The van der Waals surface area contributed by atoms with Crippen LogP contribution in [0.25, 0.3) is 0 Å². The van der Waals surface area contributed by atoms with Gasteiger partial charge in [-0.05, 0) is 164 Å². The van der Waals surface area contributed by atoms with Crippen LogP contribution < -0.4 is 10.6 Å². The molecule has 10 nitrogen and oxygen atoms in total. The molecule has 5 aliphatic carbocycles. The van der Waals surface area contributed by atoms with E-state index in [2.05, 4.69) is 57.2 Å². The fraction of sp³-hybridized carbons (Fsp3) is 0.714. The first-order valence-corrected chi connectivity index (χ1v) is 22.5. The molecular weight excluding hydrogens is 743 g/mol. The van der Waals surface area contributed by atoms with Crippen molar-refractivity contribution >= 4 is 18.3 Å². The van der Waals surface area contributed by atoms with Gasteiger partial charge in [-0.2, -0.15) is 0 Å². The molecule has 5 aliphatic rings. The molecule has 0 radical (unpaired) electrons. The van der Waals surface area contributed by atoms with Gasteiger partial charge in [0.25, 0.3) is 5.91 Å². The number of carbonyl (C=O) groups excluding carboxylic acids is 2. The van der Waals surface area contributed by atoms with Gasteiger partial charge in [0.1, 0.15) is 0 Å². The normalized spacial score (nSPS) is 34.1. The highest BCUT2D eigenvalue weighted by Crippen LogP contribution is 2.73. The third kappa shape index (κ3) is 9.91. The van der Waals surface area contributed by atoms with Gasteiger partial charge in [-0.25, -0.2) is 4.79 Å². The van der Waals surface area contributed by atoms with Gasteiger partial charge in [0, 0.05) is 32.0 Å². The molecule has 0 bridgehead atoms. The number of benzene rings is 1. The van der Waals surface area contributed by atoms with Crippen LogP contribution in [0.1, 0.15) is 152 Å². The van der Waals surface area contributed by atoms with Crippen LogP contribution in [-0.2, 0) is 17.8 Å². The molecule has 10 heteroatoms. The average Bonchev–Trinajstić information content (AvgIpc) is 3.61. The number of aliphatic hydroxyl groups excluding tert-OH is 3. The maximum atomic E-state index is 12.2. The molecule has 0 saturated heterocycles. The van der Waals surface area contributed by atoms with Gasteiger partial charge in [0.2, 0.25) is 6.41 Å². The molecule has 6 N–H and O–H groups in total. The van der Waals surface area contributed by atoms with Crippen molar-refractivity contribution in [1.82, 2.24) is 15.6 Å². The van der Waals surface area contributed by atoms with Crippen molar-refractivity contribution < 1.29 is 34.8 Å². The number of hydrogen-bond acceptors (Lipinski definition) is 7. The topological polar surface area (TPSA) is 169 Å². The Bertz CT molecular complexity index is 1680. The van der Waals surface area contributed by atoms with Crippen molar-refractivity contribution in [2.75, 3.05) is 20.3 Å². The minimum absolute atomic E-state index is 0.0590. The fourth-order valence-corrected chi connectivity index (χ4v) is 13.5. The SMILES string of the molecule is CC.CC(CO)C1CCC2(C)CCC3C(CCC4C3(C)CCC3C(C)(C)C(O)CCC34C)C12.CO.O=CNCCc1cccc(C(=O)NCc2ccc(C(=O)O)cn2)c1. The fourth-order valence-electron chi connectivity index (χ4n) is 13.5. The molecule has 1 aromatic heterocycles. The summed E-state index contributed by atoms with van der Waals surface area (Å²) in [6.07, 6.45) is 15.7. The van der Waals surface area contributed by atoms with Crippen molar-refractivity contribution in [1.29, 1.82) is 0 Å². The molecule has 7 rings (SSSR count). The predicted octanol–water partition coefficient (Wildman–Crippen LogP) is 8.32. The monoisotopic (exact) mass is 820 g/mol. The van der Waals surface area contributed by atoms with Crippen LogP contribution in [0.15, 0.2) is 42.6 Å². The number of aliphatic hydroxyl groups is 3. The second-order valence-corrected chi connectivity index (χ2v) is 19.5. The highest BCUT2D eigenvalue weighted by molar-refractivity contribution is 5.94. The van der Waals surface area contributed by atoms with Crippen molar-refractivity contribution in [3.63, 3.8) is 0 Å². The quantitative estimate of drug-likeness (QED) is 0.103. The number of pyridine rings is 1. The van der Waals surface area contributed by atoms with Crippen molar-refractivity contribution in [2.24, 2.45) is 63.1 Å². The molecule has 0 aliphatic heterocycles. The molecule has 330 valence electrons. The number of aromatic nitrogens is 1. The molecule has 5 fully saturated rings. The van der Waals surface area contributed by atoms with Gasteiger partial charge in [-0.15, -0.1) is 0 Å². The van der Waals surface area contributed by atoms with E-state index >= 15 is 0 Å². The highest BCUT2D eigenvalue weighted by atomic mass is 16.4. The summed E-state index contributed by atoms with van der Waals surface area (Å²) < 4.78 is 0. The van der Waals surface area contributed by atoms with Gasteiger partial charge < -0.3 is 31.1 Å². The molecule has 11 unspecified atom stereocenters. The Morgan fingerprint density at radius 2 is 1.58 bits per heavy atom. The lowest BCUT2D eigenvalue weighted by Crippen LogP contribution is -2.63. The van der Waals surface area contributed by atoms with Crippen molar-refractivity contribution in [3.8, 4) is 0 Å². The minimum atomic E-state index is -1.04. The van der Waals surface area contributed by atoms with E-state index in [1.807, 2.05) is 19.9 Å². The molecule has 5 saturated carbocycles. The molecule has 1 heterocycles. The van der Waals surface area contributed by atoms with Crippen LogP contribution in [0.2, 0.25) is 0 Å². The lowest BCUT2D eigenvalue weighted by molar-refractivity contribution is -0.216. The minimum Gasteiger partial charge on any atom is -0.478 e. The van der Waals surface area contributed by atoms with E-state index in [4.69, 9.17) is 10.2 Å². The average molecular weight is 820 g/mol. The Balaban J connectivity index is 0.000000248. The van der Waals surface area contributed by atoms with E-state index < -0.39 is 5.97 Å². The molecule has 59 heavy (non-hydrogen) atoms. The summed E-state index contributed by atoms with van der Waals surface area (Å²) in [6.45, 7) is 20.1. The zero-order valence-electron chi connectivity index (χ0n) is 37.6. The standard InChI is InChI=1S/C29H50O2.C17H17N3O4.C2H6.CH4O/c1-18(17-30)19-9-13-27(4)14-10-21-20(25(19)27)7-8-23-28(21,5)15-11-22-26(2,3)24(31)12-16-29(22,23)6;21-11-18-7-6-12-2-1-3-13(8-12)16(22)20-10-15-5-4-14(9-19-15)17(23)24;2*1-2/h18-25,30-31H,7-17H2,1-6H3;1-5,8-9,11H,6-7,10H2,(H,18,21)(H,20,22)(H,23,24);1-2H3;2H,1H3. The van der Waals surface area contributed by atoms with E-state index in [9.17, 15) is 24.6 Å². The van der Waals surface area contributed by atoms with Crippen LogP contribution in [0.3, 0.4) is 0 Å². The van der Waals surface area contributed by atoms with Crippen molar-refractivity contribution in [2.45, 2.75) is 139 Å². The Morgan fingerprint density at radius 3 is 2.22 bits per heavy atom. The van der Waals surface area contributed by atoms with Crippen LogP contribution in [0.5, 0.6) is 0 Å². The summed E-state index contributed by atoms with van der Waals surface area (Å²) in [7, 11) is 1.00. The lowest BCUT2D eigenvalue weighted by Gasteiger charge is -2.69. The maximum Gasteiger partial charge on any atom is 0.337 e. The Hall–Kier alpha value is -3.34. The number of carboxylic acid groups (broad SMARTS) is 1. The van der Waals surface area contributed by atoms with Crippen molar-refractivity contribution in [3.05, 3.63) is 65.0 Å². The summed E-state index contributed by atoms with van der Waals surface area (Å²) in [5, 5.41) is 42.0. The van der Waals surface area contributed by atoms with Gasteiger partial charge in [0.05, 0.1) is 23.9 Å². The number of nitrogens with zero attached hydrogens (tertiary/aromatic N) is 1. The summed E-state index contributed by atoms with van der Waals surface area (Å²) in [6, 6.07) is 10.1. The number of amides is 2. The smallest absolute Gasteiger partial charge is 0.337 e. The zero-order valence-corrected chi connectivity index (χ0v) is 37.6. The second-order valence-electron chi connectivity index (χ2n) is 19.5. The number of fused-ring (bicyclic) bond motifs is 7. The summed E-state index contributed by atoms with van der Waals surface area (Å²) >= 11 is 0. The Kier molecular flexibility index (Phi) is 16.8. The number of carbonyl (C=O) groups is 3. The largest absolute Gasteiger partial charge is 0.478 e. The number of hydrogen-bond donors (Lipinski definition) is 6. The number of aromatic carboxylic acids is 1. The van der Waals surface area contributed by atoms with Crippen LogP contribution in [0.4, 0.5) is 0 Å². The number of rotatable bonds is 10. The van der Waals surface area contributed by atoms with Gasteiger partial charge in [0.15, 0.2) is 0 Å². The lowest BCUT2D eigenvalue weighted by atomic mass is 9.36. The summed E-state index contributed by atoms with van der Waals surface area (Å²) in [5.74, 6) is 3.99. The summed E-state index contributed by atoms with van der Waals surface area (Å²) in [4.78, 5) is 37.2. The van der Waals surface area contributed by atoms with Crippen LogP contribution in [-0.4, -0.2) is 70.1 Å². The van der Waals surface area contributed by atoms with E-state index in [1.165, 1.54) is 70.1 Å². The highest BCUT2D eigenvalue weighted by Gasteiger charge is 2.66. The maximum absolute atomic E-state index is 12.2. The van der Waals surface area contributed by atoms with E-state index in [0.717, 1.165) is 48.7 Å². The van der Waals surface area contributed by atoms with Crippen LogP contribution in [0, 0.1) is 63.1 Å². The first kappa shape index (κ1) is 48.3. The molecular formula is C49H77N3O7. The van der Waals surface area contributed by atoms with Gasteiger partial charge >= 0.3 is 5.97 Å². The molecule has 11 atom stereocenters. The molecule has 2 aromatic rings. The Labute approximate surface area is 354 Å². The van der Waals surface area contributed by atoms with E-state index in [0.29, 0.717) is 65.3 Å². The zero-order chi connectivity index (χ0) is 43.8. The number of nitrogens with one attached hydrogen (secondary N) is 2. The molecule has 2 amide bonds. The molecule has 0 spiro atoms. The first-order chi connectivity index (χ1) is 28.1. The van der Waals surface area contributed by atoms with Gasteiger partial charge in [-0.3, -0.25) is 14.6 Å². The van der Waals surface area contributed by atoms with Crippen LogP contribution >= 0.6 is 0 Å². The van der Waals surface area contributed by atoms with Gasteiger partial charge in [-0.1, -0.05) is 67.5 Å². The number of carboxylic acids is 1. The third-order valence-electron chi connectivity index (χ3n) is 16.4. The second kappa shape index (κ2) is 20.5. The predicted molar refractivity (Wildman–Crippen MR) is 234 cm³/mol. The van der Waals surface area contributed by atoms with E-state index in [-0.39, 0.29) is 29.5 Å². The first-order valence-electron chi connectivity index (χ1n) is 22.5. The van der Waals surface area contributed by atoms with E-state index in [1.54, 1.807) is 24.3 Å². The Morgan fingerprint density at radius 1 is 0.881 bits per heavy atom.